The summed E-state index contributed by atoms with van der Waals surface area (Å²) in [5.41, 5.74) is 8.83. The smallest absolute Gasteiger partial charge is 0.225 e. The van der Waals surface area contributed by atoms with Gasteiger partial charge in [-0.15, -0.1) is 0 Å². The number of aromatic nitrogens is 4. The Hall–Kier alpha value is -3.38. The molecule has 1 aliphatic carbocycles. The van der Waals surface area contributed by atoms with E-state index in [9.17, 15) is 10.1 Å². The van der Waals surface area contributed by atoms with Gasteiger partial charge in [-0.05, 0) is 31.7 Å². The summed E-state index contributed by atoms with van der Waals surface area (Å²) < 4.78 is 9.17. The summed E-state index contributed by atoms with van der Waals surface area (Å²) in [6.07, 6.45) is 10.7. The van der Waals surface area contributed by atoms with Crippen molar-refractivity contribution in [1.29, 1.82) is 5.26 Å². The van der Waals surface area contributed by atoms with Gasteiger partial charge in [0, 0.05) is 48.6 Å². The summed E-state index contributed by atoms with van der Waals surface area (Å²) in [5.74, 6) is 0.982. The summed E-state index contributed by atoms with van der Waals surface area (Å²) in [6.45, 7) is 1.52. The first kappa shape index (κ1) is 19.6. The molecule has 0 spiro atoms. The topological polar surface area (TPSA) is 114 Å². The second-order valence-electron chi connectivity index (χ2n) is 8.45. The minimum atomic E-state index is 0.122. The summed E-state index contributed by atoms with van der Waals surface area (Å²) >= 11 is 0. The maximum Gasteiger partial charge on any atom is 0.225 e. The summed E-state index contributed by atoms with van der Waals surface area (Å²) in [7, 11) is 1.59. The fourth-order valence-corrected chi connectivity index (χ4v) is 4.64. The van der Waals surface area contributed by atoms with Crippen molar-refractivity contribution >= 4 is 11.4 Å². The molecule has 0 radical (unpaired) electrons. The lowest BCUT2D eigenvalue weighted by Gasteiger charge is -2.38. The number of likely N-dealkylation sites (tertiary alicyclic amines) is 1. The number of rotatable bonds is 4. The minimum Gasteiger partial charge on any atom is -0.494 e. The Morgan fingerprint density at radius 3 is 2.65 bits per heavy atom. The third-order valence-corrected chi connectivity index (χ3v) is 6.53. The van der Waals surface area contributed by atoms with E-state index in [1.165, 1.54) is 6.20 Å². The number of ether oxygens (including phenoxy) is 1. The molecule has 160 valence electrons. The van der Waals surface area contributed by atoms with E-state index in [-0.39, 0.29) is 23.9 Å². The fourth-order valence-electron chi connectivity index (χ4n) is 4.64. The van der Waals surface area contributed by atoms with Gasteiger partial charge in [-0.25, -0.2) is 4.52 Å². The van der Waals surface area contributed by atoms with Gasteiger partial charge in [-0.1, -0.05) is 0 Å². The molecule has 0 unspecified atom stereocenters. The van der Waals surface area contributed by atoms with Gasteiger partial charge in [0.25, 0.3) is 0 Å². The van der Waals surface area contributed by atoms with Gasteiger partial charge >= 0.3 is 0 Å². The molecule has 3 aromatic heterocycles. The molecule has 1 saturated carbocycles. The number of hydrogen-bond donors (Lipinski definition) is 1. The number of methoxy groups -OCH3 is 1. The minimum absolute atomic E-state index is 0.122. The largest absolute Gasteiger partial charge is 0.494 e. The Bertz CT molecular complexity index is 1160. The molecule has 5 rings (SSSR count). The SMILES string of the molecule is COc1cc(-c2cnn(C3CCN(C(=O)[C@H]4C[C@H](N)C4)CC3)c2)cn2ncc(C#N)c12. The molecule has 2 aliphatic rings. The van der Waals surface area contributed by atoms with Gasteiger partial charge in [-0.3, -0.25) is 9.48 Å². The normalized spacial score (nSPS) is 21.6. The molecule has 9 heteroatoms. The number of fused-ring (bicyclic) bond motifs is 1. The second kappa shape index (κ2) is 7.71. The number of piperidine rings is 1. The molecular formula is C22H25N7O2. The van der Waals surface area contributed by atoms with E-state index < -0.39 is 0 Å². The standard InChI is InChI=1S/C22H25N7O2/c1-31-20-8-15(12-29-21(20)16(9-23)10-26-29)17-11-25-28(13-17)19-2-4-27(5-3-19)22(30)14-6-18(24)7-14/h8,10-14,18-19H,2-7,24H2,1H3/t14-,18-. The van der Waals surface area contributed by atoms with Gasteiger partial charge in [0.1, 0.15) is 22.9 Å². The van der Waals surface area contributed by atoms with Gasteiger partial charge < -0.3 is 15.4 Å². The Kier molecular flexibility index (Phi) is 4.87. The summed E-state index contributed by atoms with van der Waals surface area (Å²) in [4.78, 5) is 14.5. The highest BCUT2D eigenvalue weighted by Crippen LogP contribution is 2.32. The van der Waals surface area contributed by atoms with E-state index in [1.54, 1.807) is 11.6 Å². The van der Waals surface area contributed by atoms with Crippen LogP contribution in [0.25, 0.3) is 16.6 Å². The molecule has 0 aromatic carbocycles. The lowest BCUT2D eigenvalue weighted by Crippen LogP contribution is -2.49. The molecule has 0 bridgehead atoms. The van der Waals surface area contributed by atoms with Gasteiger partial charge in [0.15, 0.2) is 0 Å². The molecule has 1 saturated heterocycles. The highest BCUT2D eigenvalue weighted by Gasteiger charge is 2.36. The maximum atomic E-state index is 12.6. The third-order valence-electron chi connectivity index (χ3n) is 6.53. The number of carbonyl (C=O) groups excluding carboxylic acids is 1. The zero-order valence-corrected chi connectivity index (χ0v) is 17.4. The molecule has 31 heavy (non-hydrogen) atoms. The van der Waals surface area contributed by atoms with Crippen LogP contribution in [-0.4, -0.2) is 56.4 Å². The fraction of sp³-hybridized carbons (Fsp3) is 0.455. The highest BCUT2D eigenvalue weighted by molar-refractivity contribution is 5.80. The van der Waals surface area contributed by atoms with Gasteiger partial charge in [-0.2, -0.15) is 15.5 Å². The Balaban J connectivity index is 1.31. The van der Waals surface area contributed by atoms with Crippen LogP contribution in [0.15, 0.2) is 30.9 Å². The van der Waals surface area contributed by atoms with Crippen molar-refractivity contribution in [3.05, 3.63) is 36.4 Å². The lowest BCUT2D eigenvalue weighted by atomic mass is 9.79. The number of nitrogens with zero attached hydrogens (tertiary/aromatic N) is 6. The number of nitriles is 1. The Morgan fingerprint density at radius 1 is 1.19 bits per heavy atom. The first-order valence-electron chi connectivity index (χ1n) is 10.6. The maximum absolute atomic E-state index is 12.6. The van der Waals surface area contributed by atoms with Crippen molar-refractivity contribution in [1.82, 2.24) is 24.3 Å². The van der Waals surface area contributed by atoms with Crippen LogP contribution in [0.1, 0.15) is 37.3 Å². The number of carbonyl (C=O) groups is 1. The first-order chi connectivity index (χ1) is 15.1. The van der Waals surface area contributed by atoms with Gasteiger partial charge in [0.2, 0.25) is 5.91 Å². The monoisotopic (exact) mass is 419 g/mol. The predicted octanol–water partition coefficient (Wildman–Crippen LogP) is 1.98. The quantitative estimate of drug-likeness (QED) is 0.692. The summed E-state index contributed by atoms with van der Waals surface area (Å²) in [5, 5.41) is 18.2. The van der Waals surface area contributed by atoms with Crippen LogP contribution in [-0.2, 0) is 4.79 Å². The van der Waals surface area contributed by atoms with Crippen molar-refractivity contribution in [2.24, 2.45) is 11.7 Å². The molecule has 1 amide bonds. The number of nitrogens with two attached hydrogens (primary N) is 1. The molecule has 1 aliphatic heterocycles. The number of hydrogen-bond acceptors (Lipinski definition) is 6. The highest BCUT2D eigenvalue weighted by atomic mass is 16.5. The van der Waals surface area contributed by atoms with Crippen LogP contribution >= 0.6 is 0 Å². The van der Waals surface area contributed by atoms with E-state index in [2.05, 4.69) is 16.3 Å². The van der Waals surface area contributed by atoms with E-state index in [4.69, 9.17) is 10.5 Å². The lowest BCUT2D eigenvalue weighted by molar-refractivity contribution is -0.140. The Morgan fingerprint density at radius 2 is 1.97 bits per heavy atom. The number of amides is 1. The van der Waals surface area contributed by atoms with Crippen molar-refractivity contribution in [3.8, 4) is 22.9 Å². The molecule has 3 aromatic rings. The van der Waals surface area contributed by atoms with E-state index in [0.717, 1.165) is 49.9 Å². The van der Waals surface area contributed by atoms with Crippen LogP contribution < -0.4 is 10.5 Å². The molecular weight excluding hydrogens is 394 g/mol. The average Bonchev–Trinajstić information content (AvgIpc) is 3.43. The number of pyridine rings is 1. The third kappa shape index (κ3) is 3.43. The van der Waals surface area contributed by atoms with Crippen LogP contribution in [0, 0.1) is 17.2 Å². The predicted molar refractivity (Wildman–Crippen MR) is 113 cm³/mol. The second-order valence-corrected chi connectivity index (χ2v) is 8.45. The van der Waals surface area contributed by atoms with E-state index in [1.807, 2.05) is 34.2 Å². The van der Waals surface area contributed by atoms with Crippen molar-refractivity contribution in [2.45, 2.75) is 37.8 Å². The van der Waals surface area contributed by atoms with Crippen molar-refractivity contribution in [3.63, 3.8) is 0 Å². The van der Waals surface area contributed by atoms with Gasteiger partial charge in [0.05, 0.1) is 25.5 Å². The van der Waals surface area contributed by atoms with Crippen molar-refractivity contribution < 1.29 is 9.53 Å². The van der Waals surface area contributed by atoms with Crippen LogP contribution in [0.4, 0.5) is 0 Å². The van der Waals surface area contributed by atoms with E-state index >= 15 is 0 Å². The molecule has 2 N–H and O–H groups in total. The zero-order valence-electron chi connectivity index (χ0n) is 17.4. The zero-order chi connectivity index (χ0) is 21.5. The van der Waals surface area contributed by atoms with Crippen molar-refractivity contribution in [2.75, 3.05) is 20.2 Å². The van der Waals surface area contributed by atoms with Crippen LogP contribution in [0.2, 0.25) is 0 Å². The summed E-state index contributed by atoms with van der Waals surface area (Å²) in [6, 6.07) is 4.51. The van der Waals surface area contributed by atoms with E-state index in [0.29, 0.717) is 16.8 Å². The Labute approximate surface area is 180 Å². The van der Waals surface area contributed by atoms with Crippen LogP contribution in [0.5, 0.6) is 5.75 Å². The molecule has 9 nitrogen and oxygen atoms in total. The first-order valence-corrected chi connectivity index (χ1v) is 10.6. The van der Waals surface area contributed by atoms with Crippen LogP contribution in [0.3, 0.4) is 0 Å². The average molecular weight is 419 g/mol. The molecule has 2 fully saturated rings. The molecule has 4 heterocycles. The molecule has 0 atom stereocenters.